The number of nitrogens with one attached hydrogen (secondary N) is 2. The van der Waals surface area contributed by atoms with Crippen LogP contribution < -0.4 is 10.0 Å². The Labute approximate surface area is 190 Å². The van der Waals surface area contributed by atoms with Crippen LogP contribution in [0, 0.1) is 13.8 Å². The molecule has 0 unspecified atom stereocenters. The summed E-state index contributed by atoms with van der Waals surface area (Å²) in [6, 6.07) is 13.9. The van der Waals surface area contributed by atoms with E-state index in [4.69, 9.17) is 34.8 Å². The SMILES string of the molecule is Cc1cccc(NS(=O)(=O)c2cc(C(=O)Nc3cc(Cl)cc(Cl)c3)ccc2Cl)c1C. The number of aryl methyl sites for hydroxylation is 1. The fourth-order valence-corrected chi connectivity index (χ4v) is 4.92. The first-order chi connectivity index (χ1) is 14.1. The number of rotatable bonds is 5. The summed E-state index contributed by atoms with van der Waals surface area (Å²) in [4.78, 5) is 12.4. The average Bonchev–Trinajstić information content (AvgIpc) is 2.64. The van der Waals surface area contributed by atoms with Crippen molar-refractivity contribution < 1.29 is 13.2 Å². The number of hydrogen-bond donors (Lipinski definition) is 2. The van der Waals surface area contributed by atoms with Crippen molar-refractivity contribution in [1.29, 1.82) is 0 Å². The predicted octanol–water partition coefficient (Wildman–Crippen LogP) is 6.32. The van der Waals surface area contributed by atoms with Crippen molar-refractivity contribution in [3.05, 3.63) is 86.4 Å². The Morgan fingerprint density at radius 3 is 2.23 bits per heavy atom. The van der Waals surface area contributed by atoms with Crippen LogP contribution in [0.25, 0.3) is 0 Å². The van der Waals surface area contributed by atoms with E-state index < -0.39 is 15.9 Å². The van der Waals surface area contributed by atoms with Gasteiger partial charge in [-0.15, -0.1) is 0 Å². The molecule has 0 aromatic heterocycles. The summed E-state index contributed by atoms with van der Waals surface area (Å²) in [7, 11) is -4.03. The smallest absolute Gasteiger partial charge is 0.263 e. The second-order valence-corrected chi connectivity index (χ2v) is 9.54. The van der Waals surface area contributed by atoms with E-state index >= 15 is 0 Å². The highest BCUT2D eigenvalue weighted by molar-refractivity contribution is 7.92. The third-order valence-electron chi connectivity index (χ3n) is 4.45. The molecule has 0 heterocycles. The Bertz CT molecular complexity index is 1220. The molecule has 3 rings (SSSR count). The fourth-order valence-electron chi connectivity index (χ4n) is 2.74. The molecule has 30 heavy (non-hydrogen) atoms. The average molecular weight is 484 g/mol. The molecule has 0 aliphatic rings. The van der Waals surface area contributed by atoms with Crippen LogP contribution in [0.15, 0.2) is 59.5 Å². The molecule has 2 N–H and O–H groups in total. The molecule has 0 saturated heterocycles. The van der Waals surface area contributed by atoms with Crippen LogP contribution in [0.4, 0.5) is 11.4 Å². The van der Waals surface area contributed by atoms with Gasteiger partial charge in [-0.1, -0.05) is 46.9 Å². The molecule has 0 aliphatic carbocycles. The van der Waals surface area contributed by atoms with Gasteiger partial charge in [0.2, 0.25) is 0 Å². The van der Waals surface area contributed by atoms with Crippen molar-refractivity contribution >= 4 is 62.1 Å². The summed E-state index contributed by atoms with van der Waals surface area (Å²) in [5.41, 5.74) is 2.66. The molecule has 3 aromatic carbocycles. The molecule has 0 radical (unpaired) electrons. The van der Waals surface area contributed by atoms with Crippen molar-refractivity contribution in [1.82, 2.24) is 0 Å². The maximum absolute atomic E-state index is 12.9. The number of anilines is 2. The maximum Gasteiger partial charge on any atom is 0.263 e. The van der Waals surface area contributed by atoms with Gasteiger partial charge in [-0.2, -0.15) is 0 Å². The first-order valence-corrected chi connectivity index (χ1v) is 11.3. The molecular weight excluding hydrogens is 467 g/mol. The molecule has 156 valence electrons. The molecule has 0 saturated carbocycles. The monoisotopic (exact) mass is 482 g/mol. The first kappa shape index (κ1) is 22.4. The lowest BCUT2D eigenvalue weighted by Gasteiger charge is -2.14. The van der Waals surface area contributed by atoms with E-state index in [9.17, 15) is 13.2 Å². The minimum atomic E-state index is -4.03. The van der Waals surface area contributed by atoms with Crippen molar-refractivity contribution in [2.75, 3.05) is 10.0 Å². The largest absolute Gasteiger partial charge is 0.322 e. The highest BCUT2D eigenvalue weighted by atomic mass is 35.5. The minimum absolute atomic E-state index is 0.00449. The van der Waals surface area contributed by atoms with Crippen LogP contribution in [0.1, 0.15) is 21.5 Å². The maximum atomic E-state index is 12.9. The zero-order chi connectivity index (χ0) is 22.1. The third kappa shape index (κ3) is 5.08. The van der Waals surface area contributed by atoms with Gasteiger partial charge in [-0.25, -0.2) is 8.42 Å². The highest BCUT2D eigenvalue weighted by Gasteiger charge is 2.21. The summed E-state index contributed by atoms with van der Waals surface area (Å²) >= 11 is 18.0. The van der Waals surface area contributed by atoms with Gasteiger partial charge in [-0.3, -0.25) is 9.52 Å². The first-order valence-electron chi connectivity index (χ1n) is 8.73. The normalized spacial score (nSPS) is 11.2. The molecule has 9 heteroatoms. The number of benzene rings is 3. The molecule has 3 aromatic rings. The van der Waals surface area contributed by atoms with Crippen LogP contribution in [0.3, 0.4) is 0 Å². The van der Waals surface area contributed by atoms with E-state index in [0.717, 1.165) is 11.1 Å². The van der Waals surface area contributed by atoms with Gasteiger partial charge in [-0.05, 0) is 67.4 Å². The van der Waals surface area contributed by atoms with Crippen LogP contribution >= 0.6 is 34.8 Å². The molecule has 1 amide bonds. The lowest BCUT2D eigenvalue weighted by molar-refractivity contribution is 0.102. The van der Waals surface area contributed by atoms with Gasteiger partial charge >= 0.3 is 0 Å². The number of carbonyl (C=O) groups is 1. The second kappa shape index (κ2) is 8.86. The predicted molar refractivity (Wildman–Crippen MR) is 123 cm³/mol. The minimum Gasteiger partial charge on any atom is -0.322 e. The lowest BCUT2D eigenvalue weighted by atomic mass is 10.1. The van der Waals surface area contributed by atoms with Gasteiger partial charge < -0.3 is 5.32 Å². The van der Waals surface area contributed by atoms with Crippen LogP contribution in [-0.4, -0.2) is 14.3 Å². The second-order valence-electron chi connectivity index (χ2n) is 6.61. The van der Waals surface area contributed by atoms with Gasteiger partial charge in [0.1, 0.15) is 4.90 Å². The Morgan fingerprint density at radius 1 is 0.900 bits per heavy atom. The Kier molecular flexibility index (Phi) is 6.62. The zero-order valence-electron chi connectivity index (χ0n) is 16.0. The third-order valence-corrected chi connectivity index (χ3v) is 6.74. The summed E-state index contributed by atoms with van der Waals surface area (Å²) in [5.74, 6) is -0.534. The van der Waals surface area contributed by atoms with E-state index in [1.165, 1.54) is 36.4 Å². The summed E-state index contributed by atoms with van der Waals surface area (Å²) in [6.45, 7) is 3.70. The zero-order valence-corrected chi connectivity index (χ0v) is 19.0. The van der Waals surface area contributed by atoms with Crippen molar-refractivity contribution in [2.24, 2.45) is 0 Å². The van der Waals surface area contributed by atoms with E-state index in [-0.39, 0.29) is 15.5 Å². The van der Waals surface area contributed by atoms with Crippen LogP contribution in [0.5, 0.6) is 0 Å². The number of halogens is 3. The van der Waals surface area contributed by atoms with Crippen molar-refractivity contribution in [3.63, 3.8) is 0 Å². The van der Waals surface area contributed by atoms with Gasteiger partial charge in [0.05, 0.1) is 10.7 Å². The molecule has 5 nitrogen and oxygen atoms in total. The van der Waals surface area contributed by atoms with Crippen LogP contribution in [-0.2, 0) is 10.0 Å². The number of carbonyl (C=O) groups excluding carboxylic acids is 1. The number of hydrogen-bond acceptors (Lipinski definition) is 3. The summed E-state index contributed by atoms with van der Waals surface area (Å²) in [5, 5.41) is 3.35. The highest BCUT2D eigenvalue weighted by Crippen LogP contribution is 2.28. The molecule has 0 aliphatic heterocycles. The molecule has 0 fully saturated rings. The summed E-state index contributed by atoms with van der Waals surface area (Å²) in [6.07, 6.45) is 0. The van der Waals surface area contributed by atoms with Gasteiger partial charge in [0.15, 0.2) is 0 Å². The van der Waals surface area contributed by atoms with E-state index in [2.05, 4.69) is 10.0 Å². The molecular formula is C21H17Cl3N2O3S. The van der Waals surface area contributed by atoms with E-state index in [1.54, 1.807) is 12.1 Å². The standard InChI is InChI=1S/C21H17Cl3N2O3S/c1-12-4-3-5-19(13(12)2)26-30(28,29)20-8-14(6-7-18(20)24)21(27)25-17-10-15(22)9-16(23)11-17/h3-11,26H,1-2H3,(H,25,27). The van der Waals surface area contributed by atoms with E-state index in [0.29, 0.717) is 21.4 Å². The van der Waals surface area contributed by atoms with Gasteiger partial charge in [0.25, 0.3) is 15.9 Å². The molecule has 0 atom stereocenters. The Morgan fingerprint density at radius 2 is 1.57 bits per heavy atom. The Hall–Kier alpha value is -2.25. The molecule has 0 bridgehead atoms. The van der Waals surface area contributed by atoms with Gasteiger partial charge in [0, 0.05) is 21.3 Å². The number of sulfonamides is 1. The van der Waals surface area contributed by atoms with Crippen LogP contribution in [0.2, 0.25) is 15.1 Å². The fraction of sp³-hybridized carbons (Fsp3) is 0.0952. The van der Waals surface area contributed by atoms with E-state index in [1.807, 2.05) is 19.9 Å². The Balaban J connectivity index is 1.92. The van der Waals surface area contributed by atoms with Crippen molar-refractivity contribution in [2.45, 2.75) is 18.7 Å². The quantitative estimate of drug-likeness (QED) is 0.446. The van der Waals surface area contributed by atoms with Crippen molar-refractivity contribution in [3.8, 4) is 0 Å². The summed E-state index contributed by atoms with van der Waals surface area (Å²) < 4.78 is 28.4. The number of amides is 1. The topological polar surface area (TPSA) is 75.3 Å². The molecule has 0 spiro atoms. The lowest BCUT2D eigenvalue weighted by Crippen LogP contribution is -2.17.